The van der Waals surface area contributed by atoms with Crippen molar-refractivity contribution in [2.75, 3.05) is 27.9 Å². The van der Waals surface area contributed by atoms with Crippen molar-refractivity contribution in [1.82, 2.24) is 19.9 Å². The molecular weight excluding hydrogens is 384 g/mol. The molecule has 0 fully saturated rings. The Labute approximate surface area is 174 Å². The Morgan fingerprint density at radius 2 is 1.93 bits per heavy atom. The second kappa shape index (κ2) is 8.54. The Balaban J connectivity index is 1.59. The molecule has 1 aliphatic heterocycles. The second-order valence-corrected chi connectivity index (χ2v) is 7.04. The van der Waals surface area contributed by atoms with E-state index in [4.69, 9.17) is 14.2 Å². The van der Waals surface area contributed by atoms with Crippen LogP contribution in [-0.2, 0) is 19.5 Å². The largest absolute Gasteiger partial charge is 0.493 e. The van der Waals surface area contributed by atoms with Gasteiger partial charge in [-0.25, -0.2) is 4.98 Å². The molecule has 1 aromatic carbocycles. The summed E-state index contributed by atoms with van der Waals surface area (Å²) in [6.07, 6.45) is 4.09. The fourth-order valence-corrected chi connectivity index (χ4v) is 3.78. The van der Waals surface area contributed by atoms with Gasteiger partial charge in [-0.05, 0) is 18.2 Å². The first-order valence-electron chi connectivity index (χ1n) is 9.67. The summed E-state index contributed by atoms with van der Waals surface area (Å²) in [5.41, 5.74) is 3.20. The zero-order valence-corrected chi connectivity index (χ0v) is 17.3. The van der Waals surface area contributed by atoms with Crippen molar-refractivity contribution < 1.29 is 14.2 Å². The molecule has 0 atom stereocenters. The van der Waals surface area contributed by atoms with Gasteiger partial charge in [-0.1, -0.05) is 6.07 Å². The van der Waals surface area contributed by atoms with E-state index in [1.807, 2.05) is 24.3 Å². The van der Waals surface area contributed by atoms with Gasteiger partial charge >= 0.3 is 0 Å². The highest BCUT2D eigenvalue weighted by atomic mass is 16.5. The van der Waals surface area contributed by atoms with Crippen LogP contribution in [0, 0.1) is 0 Å². The zero-order chi connectivity index (χ0) is 21.1. The Morgan fingerprint density at radius 1 is 1.10 bits per heavy atom. The van der Waals surface area contributed by atoms with Crippen LogP contribution in [-0.4, -0.2) is 47.7 Å². The van der Waals surface area contributed by atoms with Gasteiger partial charge in [-0.15, -0.1) is 0 Å². The molecule has 0 unspecified atom stereocenters. The maximum absolute atomic E-state index is 12.8. The average molecular weight is 408 g/mol. The van der Waals surface area contributed by atoms with Gasteiger partial charge in [0.05, 0.1) is 32.6 Å². The molecule has 30 heavy (non-hydrogen) atoms. The molecule has 0 saturated heterocycles. The number of ether oxygens (including phenoxy) is 3. The van der Waals surface area contributed by atoms with Gasteiger partial charge in [0.1, 0.15) is 5.82 Å². The molecule has 0 radical (unpaired) electrons. The monoisotopic (exact) mass is 408 g/mol. The van der Waals surface area contributed by atoms with Crippen LogP contribution in [0.5, 0.6) is 17.2 Å². The Bertz CT molecular complexity index is 1100. The van der Waals surface area contributed by atoms with Crippen LogP contribution in [0.15, 0.2) is 41.5 Å². The number of pyridine rings is 1. The predicted octanol–water partition coefficient (Wildman–Crippen LogP) is 2.42. The molecule has 3 aromatic rings. The van der Waals surface area contributed by atoms with Crippen molar-refractivity contribution in [1.29, 1.82) is 0 Å². The van der Waals surface area contributed by atoms with E-state index in [9.17, 15) is 4.79 Å². The Kier molecular flexibility index (Phi) is 5.67. The second-order valence-electron chi connectivity index (χ2n) is 7.04. The molecule has 1 N–H and O–H groups in total. The van der Waals surface area contributed by atoms with Crippen molar-refractivity contribution in [3.63, 3.8) is 0 Å². The van der Waals surface area contributed by atoms with Gasteiger partial charge in [0.2, 0.25) is 5.75 Å². The van der Waals surface area contributed by atoms with E-state index in [1.165, 1.54) is 0 Å². The number of benzene rings is 1. The Morgan fingerprint density at radius 3 is 2.63 bits per heavy atom. The molecular formula is C22H24N4O4. The number of methoxy groups -OCH3 is 3. The normalized spacial score (nSPS) is 13.6. The minimum absolute atomic E-state index is 0.108. The summed E-state index contributed by atoms with van der Waals surface area (Å²) in [7, 11) is 4.80. The van der Waals surface area contributed by atoms with Crippen LogP contribution >= 0.6 is 0 Å². The van der Waals surface area contributed by atoms with Gasteiger partial charge in [0, 0.05) is 49.6 Å². The summed E-state index contributed by atoms with van der Waals surface area (Å²) in [5, 5.41) is 0. The lowest BCUT2D eigenvalue weighted by atomic mass is 10.0. The SMILES string of the molecule is COc1ccc(CN2CCc3nc(-c4cccnc4)[nH]c(=O)c3C2)c(OC)c1OC. The van der Waals surface area contributed by atoms with E-state index in [0.29, 0.717) is 48.1 Å². The van der Waals surface area contributed by atoms with E-state index >= 15 is 0 Å². The maximum atomic E-state index is 12.8. The van der Waals surface area contributed by atoms with E-state index in [0.717, 1.165) is 23.4 Å². The van der Waals surface area contributed by atoms with Crippen LogP contribution < -0.4 is 19.8 Å². The van der Waals surface area contributed by atoms with Crippen molar-refractivity contribution in [3.05, 3.63) is 63.8 Å². The molecule has 0 amide bonds. The Hall–Kier alpha value is -3.39. The first kappa shape index (κ1) is 19.9. The number of hydrogen-bond donors (Lipinski definition) is 1. The van der Waals surface area contributed by atoms with Gasteiger partial charge in [0.15, 0.2) is 11.5 Å². The van der Waals surface area contributed by atoms with E-state index in [-0.39, 0.29) is 5.56 Å². The van der Waals surface area contributed by atoms with Crippen LogP contribution in [0.3, 0.4) is 0 Å². The molecule has 4 rings (SSSR count). The fraction of sp³-hybridized carbons (Fsp3) is 0.318. The molecule has 2 aromatic heterocycles. The number of nitrogens with one attached hydrogen (secondary N) is 1. The van der Waals surface area contributed by atoms with Crippen molar-refractivity contribution in [2.24, 2.45) is 0 Å². The summed E-state index contributed by atoms with van der Waals surface area (Å²) in [4.78, 5) is 26.6. The lowest BCUT2D eigenvalue weighted by Crippen LogP contribution is -2.35. The van der Waals surface area contributed by atoms with Gasteiger partial charge in [-0.3, -0.25) is 14.7 Å². The fourth-order valence-electron chi connectivity index (χ4n) is 3.78. The van der Waals surface area contributed by atoms with Crippen LogP contribution in [0.2, 0.25) is 0 Å². The summed E-state index contributed by atoms with van der Waals surface area (Å²) < 4.78 is 16.4. The van der Waals surface area contributed by atoms with E-state index < -0.39 is 0 Å². The number of H-pyrrole nitrogens is 1. The quantitative estimate of drug-likeness (QED) is 0.670. The molecule has 0 aliphatic carbocycles. The zero-order valence-electron chi connectivity index (χ0n) is 17.3. The van der Waals surface area contributed by atoms with Crippen LogP contribution in [0.1, 0.15) is 16.8 Å². The molecule has 8 heteroatoms. The van der Waals surface area contributed by atoms with Crippen molar-refractivity contribution >= 4 is 0 Å². The summed E-state index contributed by atoms with van der Waals surface area (Å²) in [6.45, 7) is 1.92. The summed E-state index contributed by atoms with van der Waals surface area (Å²) in [6, 6.07) is 7.54. The van der Waals surface area contributed by atoms with Crippen LogP contribution in [0.25, 0.3) is 11.4 Å². The maximum Gasteiger partial charge on any atom is 0.255 e. The number of rotatable bonds is 6. The third-order valence-electron chi connectivity index (χ3n) is 5.26. The van der Waals surface area contributed by atoms with E-state index in [2.05, 4.69) is 19.9 Å². The third kappa shape index (κ3) is 3.73. The smallest absolute Gasteiger partial charge is 0.255 e. The number of aromatic amines is 1. The first-order valence-corrected chi connectivity index (χ1v) is 9.67. The van der Waals surface area contributed by atoms with Gasteiger partial charge < -0.3 is 19.2 Å². The molecule has 0 spiro atoms. The average Bonchev–Trinajstić information content (AvgIpc) is 2.79. The number of hydrogen-bond acceptors (Lipinski definition) is 7. The standard InChI is InChI=1S/C22H24N4O4/c1-28-18-7-6-15(19(29-2)20(18)30-3)12-26-10-8-17-16(13-26)22(27)25-21(24-17)14-5-4-9-23-11-14/h4-7,9,11H,8,10,12-13H2,1-3H3,(H,24,25,27). The lowest BCUT2D eigenvalue weighted by Gasteiger charge is -2.28. The number of aromatic nitrogens is 3. The first-order chi connectivity index (χ1) is 14.6. The highest BCUT2D eigenvalue weighted by Gasteiger charge is 2.24. The molecule has 156 valence electrons. The topological polar surface area (TPSA) is 89.6 Å². The molecule has 0 bridgehead atoms. The predicted molar refractivity (Wildman–Crippen MR) is 112 cm³/mol. The molecule has 0 saturated carbocycles. The van der Waals surface area contributed by atoms with Crippen LogP contribution in [0.4, 0.5) is 0 Å². The highest BCUT2D eigenvalue weighted by molar-refractivity contribution is 5.56. The van der Waals surface area contributed by atoms with E-state index in [1.54, 1.807) is 33.7 Å². The van der Waals surface area contributed by atoms with Gasteiger partial charge in [0.25, 0.3) is 5.56 Å². The number of fused-ring (bicyclic) bond motifs is 1. The summed E-state index contributed by atoms with van der Waals surface area (Å²) >= 11 is 0. The minimum Gasteiger partial charge on any atom is -0.493 e. The number of nitrogens with zero attached hydrogens (tertiary/aromatic N) is 3. The van der Waals surface area contributed by atoms with Gasteiger partial charge in [-0.2, -0.15) is 0 Å². The molecule has 3 heterocycles. The van der Waals surface area contributed by atoms with Crippen molar-refractivity contribution in [3.8, 4) is 28.6 Å². The molecule has 8 nitrogen and oxygen atoms in total. The highest BCUT2D eigenvalue weighted by Crippen LogP contribution is 2.40. The lowest BCUT2D eigenvalue weighted by molar-refractivity contribution is 0.236. The summed E-state index contributed by atoms with van der Waals surface area (Å²) in [5.74, 6) is 2.38. The molecule has 1 aliphatic rings. The van der Waals surface area contributed by atoms with Crippen molar-refractivity contribution in [2.45, 2.75) is 19.5 Å². The third-order valence-corrected chi connectivity index (χ3v) is 5.26. The minimum atomic E-state index is -0.108.